The first kappa shape index (κ1) is 12.1. The molecule has 4 nitrogen and oxygen atoms in total. The second kappa shape index (κ2) is 5.32. The minimum absolute atomic E-state index is 0.118. The van der Waals surface area contributed by atoms with Gasteiger partial charge in [-0.1, -0.05) is 6.07 Å². The molecule has 0 bridgehead atoms. The van der Waals surface area contributed by atoms with E-state index >= 15 is 0 Å². The van der Waals surface area contributed by atoms with Gasteiger partial charge in [-0.15, -0.1) is 0 Å². The topological polar surface area (TPSA) is 50.8 Å². The zero-order chi connectivity index (χ0) is 13.0. The van der Waals surface area contributed by atoms with E-state index in [9.17, 15) is 4.39 Å². The Labute approximate surface area is 104 Å². The molecule has 0 radical (unpaired) electrons. The van der Waals surface area contributed by atoms with E-state index in [4.69, 9.17) is 10.00 Å². The number of nitrogens with zero attached hydrogens (tertiary/aromatic N) is 3. The van der Waals surface area contributed by atoms with Crippen LogP contribution >= 0.6 is 0 Å². The third kappa shape index (κ3) is 2.66. The molecule has 0 aliphatic carbocycles. The second-order valence-corrected chi connectivity index (χ2v) is 3.74. The van der Waals surface area contributed by atoms with E-state index in [0.29, 0.717) is 16.9 Å². The molecule has 0 saturated heterocycles. The summed E-state index contributed by atoms with van der Waals surface area (Å²) in [6, 6.07) is 6.21. The van der Waals surface area contributed by atoms with Gasteiger partial charge >= 0.3 is 0 Å². The molecule has 0 saturated carbocycles. The van der Waals surface area contributed by atoms with E-state index < -0.39 is 5.82 Å². The highest BCUT2D eigenvalue weighted by Gasteiger charge is 2.05. The van der Waals surface area contributed by atoms with Gasteiger partial charge in [0.05, 0.1) is 24.0 Å². The molecule has 0 atom stereocenters. The van der Waals surface area contributed by atoms with Crippen molar-refractivity contribution >= 4 is 0 Å². The largest absolute Gasteiger partial charge is 0.486 e. The average Bonchev–Trinajstić information content (AvgIpc) is 2.85. The fourth-order valence-corrected chi connectivity index (χ4v) is 1.49. The standard InChI is InChI=1S/C13H12FN3O/c1-2-17-8-12(7-16-17)18-9-11-4-3-10(6-15)5-13(11)14/h3-5,7-8H,2,9H2,1H3. The lowest BCUT2D eigenvalue weighted by atomic mass is 10.1. The van der Waals surface area contributed by atoms with E-state index in [-0.39, 0.29) is 6.61 Å². The van der Waals surface area contributed by atoms with E-state index in [0.717, 1.165) is 6.54 Å². The average molecular weight is 245 g/mol. The molecule has 1 aromatic heterocycles. The molecule has 92 valence electrons. The van der Waals surface area contributed by atoms with Crippen molar-refractivity contribution in [1.82, 2.24) is 9.78 Å². The molecule has 2 aromatic rings. The number of hydrogen-bond acceptors (Lipinski definition) is 3. The number of rotatable bonds is 4. The Morgan fingerprint density at radius 3 is 2.94 bits per heavy atom. The summed E-state index contributed by atoms with van der Waals surface area (Å²) in [6.45, 7) is 2.85. The lowest BCUT2D eigenvalue weighted by Gasteiger charge is -2.04. The van der Waals surface area contributed by atoms with Crippen molar-refractivity contribution in [2.45, 2.75) is 20.1 Å². The van der Waals surface area contributed by atoms with E-state index in [1.807, 2.05) is 13.0 Å². The lowest BCUT2D eigenvalue weighted by molar-refractivity contribution is 0.299. The van der Waals surface area contributed by atoms with Crippen LogP contribution in [-0.2, 0) is 13.2 Å². The maximum Gasteiger partial charge on any atom is 0.157 e. The van der Waals surface area contributed by atoms with Crippen LogP contribution in [0.4, 0.5) is 4.39 Å². The van der Waals surface area contributed by atoms with Crippen LogP contribution in [0.3, 0.4) is 0 Å². The van der Waals surface area contributed by atoms with E-state index in [1.165, 1.54) is 6.07 Å². The van der Waals surface area contributed by atoms with Gasteiger partial charge in [0.2, 0.25) is 0 Å². The number of aryl methyl sites for hydroxylation is 1. The van der Waals surface area contributed by atoms with Crippen LogP contribution < -0.4 is 4.74 Å². The van der Waals surface area contributed by atoms with Crippen LogP contribution in [0.1, 0.15) is 18.1 Å². The quantitative estimate of drug-likeness (QED) is 0.831. The third-order valence-corrected chi connectivity index (χ3v) is 2.51. The van der Waals surface area contributed by atoms with Gasteiger partial charge in [0.25, 0.3) is 0 Å². The number of hydrogen-bond donors (Lipinski definition) is 0. The fraction of sp³-hybridized carbons (Fsp3) is 0.231. The predicted octanol–water partition coefficient (Wildman–Crippen LogP) is 2.49. The summed E-state index contributed by atoms with van der Waals surface area (Å²) in [7, 11) is 0. The van der Waals surface area contributed by atoms with Crippen LogP contribution in [0.25, 0.3) is 0 Å². The van der Waals surface area contributed by atoms with Crippen LogP contribution in [0.5, 0.6) is 5.75 Å². The Morgan fingerprint density at radius 2 is 2.33 bits per heavy atom. The van der Waals surface area contributed by atoms with Gasteiger partial charge in [-0.3, -0.25) is 4.68 Å². The Bertz CT molecular complexity index is 586. The molecule has 18 heavy (non-hydrogen) atoms. The highest BCUT2D eigenvalue weighted by Crippen LogP contribution is 2.14. The molecule has 0 fully saturated rings. The number of ether oxygens (including phenoxy) is 1. The number of halogens is 1. The van der Waals surface area contributed by atoms with Gasteiger partial charge in [-0.2, -0.15) is 10.4 Å². The molecular formula is C13H12FN3O. The van der Waals surface area contributed by atoms with Crippen LogP contribution in [0, 0.1) is 17.1 Å². The smallest absolute Gasteiger partial charge is 0.157 e. The first-order valence-corrected chi connectivity index (χ1v) is 5.56. The van der Waals surface area contributed by atoms with E-state index in [2.05, 4.69) is 5.10 Å². The summed E-state index contributed by atoms with van der Waals surface area (Å²) >= 11 is 0. The maximum absolute atomic E-state index is 13.6. The van der Waals surface area contributed by atoms with Gasteiger partial charge in [-0.25, -0.2) is 4.39 Å². The second-order valence-electron chi connectivity index (χ2n) is 3.74. The molecule has 2 rings (SSSR count). The Kier molecular flexibility index (Phi) is 3.58. The Morgan fingerprint density at radius 1 is 1.50 bits per heavy atom. The summed E-state index contributed by atoms with van der Waals surface area (Å²) in [5, 5.41) is 12.7. The first-order valence-electron chi connectivity index (χ1n) is 5.56. The van der Waals surface area contributed by atoms with Gasteiger partial charge in [0.1, 0.15) is 12.4 Å². The van der Waals surface area contributed by atoms with Gasteiger partial charge < -0.3 is 4.74 Å². The molecule has 1 heterocycles. The van der Waals surface area contributed by atoms with Crippen molar-refractivity contribution in [2.75, 3.05) is 0 Å². The van der Waals surface area contributed by atoms with Crippen molar-refractivity contribution in [2.24, 2.45) is 0 Å². The number of benzene rings is 1. The summed E-state index contributed by atoms with van der Waals surface area (Å²) in [6.07, 6.45) is 3.34. The lowest BCUT2D eigenvalue weighted by Crippen LogP contribution is -1.98. The zero-order valence-electron chi connectivity index (χ0n) is 9.93. The fourth-order valence-electron chi connectivity index (χ4n) is 1.49. The minimum Gasteiger partial charge on any atom is -0.486 e. The first-order chi connectivity index (χ1) is 8.72. The molecule has 0 aliphatic rings. The van der Waals surface area contributed by atoms with E-state index in [1.54, 1.807) is 29.2 Å². The monoisotopic (exact) mass is 245 g/mol. The summed E-state index contributed by atoms with van der Waals surface area (Å²) in [5.74, 6) is 0.164. The summed E-state index contributed by atoms with van der Waals surface area (Å²) in [5.41, 5.74) is 0.716. The molecule has 0 unspecified atom stereocenters. The molecule has 5 heteroatoms. The third-order valence-electron chi connectivity index (χ3n) is 2.51. The molecular weight excluding hydrogens is 233 g/mol. The number of nitriles is 1. The highest BCUT2D eigenvalue weighted by molar-refractivity contribution is 5.32. The Hall–Kier alpha value is -2.35. The van der Waals surface area contributed by atoms with Crippen molar-refractivity contribution < 1.29 is 9.13 Å². The normalized spacial score (nSPS) is 10.1. The van der Waals surface area contributed by atoms with Crippen molar-refractivity contribution in [3.8, 4) is 11.8 Å². The van der Waals surface area contributed by atoms with Crippen LogP contribution in [0.2, 0.25) is 0 Å². The predicted molar refractivity (Wildman–Crippen MR) is 63.3 cm³/mol. The van der Waals surface area contributed by atoms with Crippen LogP contribution in [-0.4, -0.2) is 9.78 Å². The molecule has 0 amide bonds. The molecule has 0 N–H and O–H groups in total. The molecule has 1 aromatic carbocycles. The van der Waals surface area contributed by atoms with Gasteiger partial charge in [-0.05, 0) is 19.1 Å². The van der Waals surface area contributed by atoms with Gasteiger partial charge in [0, 0.05) is 12.1 Å². The van der Waals surface area contributed by atoms with Crippen molar-refractivity contribution in [1.29, 1.82) is 5.26 Å². The SMILES string of the molecule is CCn1cc(OCc2ccc(C#N)cc2F)cn1. The minimum atomic E-state index is -0.433. The van der Waals surface area contributed by atoms with Gasteiger partial charge in [0.15, 0.2) is 5.75 Å². The zero-order valence-corrected chi connectivity index (χ0v) is 9.93. The Balaban J connectivity index is 2.04. The summed E-state index contributed by atoms with van der Waals surface area (Å²) in [4.78, 5) is 0. The molecule has 0 spiro atoms. The van der Waals surface area contributed by atoms with Crippen molar-refractivity contribution in [3.63, 3.8) is 0 Å². The van der Waals surface area contributed by atoms with Crippen molar-refractivity contribution in [3.05, 3.63) is 47.5 Å². The van der Waals surface area contributed by atoms with Crippen LogP contribution in [0.15, 0.2) is 30.6 Å². The summed E-state index contributed by atoms with van der Waals surface area (Å²) < 4.78 is 20.7. The molecule has 0 aliphatic heterocycles. The highest BCUT2D eigenvalue weighted by atomic mass is 19.1. The number of aromatic nitrogens is 2. The maximum atomic E-state index is 13.6.